The van der Waals surface area contributed by atoms with Crippen LogP contribution in [0.15, 0.2) is 59.8 Å². The number of aromatic nitrogens is 3. The van der Waals surface area contributed by atoms with Gasteiger partial charge in [-0.1, -0.05) is 41.6 Å². The Morgan fingerprint density at radius 2 is 1.96 bits per heavy atom. The Hall–Kier alpha value is -2.77. The van der Waals surface area contributed by atoms with Crippen molar-refractivity contribution in [2.45, 2.75) is 11.7 Å². The fraction of sp³-hybridized carbons (Fsp3) is 0.150. The molecule has 0 unspecified atom stereocenters. The summed E-state index contributed by atoms with van der Waals surface area (Å²) in [6.45, 7) is 0.241. The first kappa shape index (κ1) is 20.0. The molecule has 1 N–H and O–H groups in total. The van der Waals surface area contributed by atoms with E-state index in [2.05, 4.69) is 15.5 Å². The van der Waals surface area contributed by atoms with Crippen LogP contribution in [-0.2, 0) is 11.3 Å². The monoisotopic (exact) mass is 414 g/mol. The van der Waals surface area contributed by atoms with Crippen LogP contribution in [0.4, 0.5) is 0 Å². The molecule has 0 bridgehead atoms. The average molecular weight is 415 g/mol. The molecule has 0 saturated carbocycles. The fourth-order valence-corrected chi connectivity index (χ4v) is 3.25. The van der Waals surface area contributed by atoms with Gasteiger partial charge in [0.2, 0.25) is 5.91 Å². The number of amides is 1. The van der Waals surface area contributed by atoms with E-state index >= 15 is 0 Å². The average Bonchev–Trinajstić information content (AvgIpc) is 3.14. The number of benzene rings is 2. The second-order valence-corrected chi connectivity index (χ2v) is 6.89. The van der Waals surface area contributed by atoms with Crippen molar-refractivity contribution in [2.75, 3.05) is 13.4 Å². The third kappa shape index (κ3) is 4.74. The van der Waals surface area contributed by atoms with Gasteiger partial charge in [0, 0.05) is 16.8 Å². The topological polar surface area (TPSA) is 69.0 Å². The predicted octanol–water partition coefficient (Wildman–Crippen LogP) is 3.98. The number of nitrogens with one attached hydrogen (secondary N) is 1. The molecule has 6 nitrogen and oxygen atoms in total. The van der Waals surface area contributed by atoms with Crippen LogP contribution in [0.5, 0.6) is 5.75 Å². The number of thioether (sulfide) groups is 1. The summed E-state index contributed by atoms with van der Waals surface area (Å²) in [6, 6.07) is 14.9. The Balaban J connectivity index is 1.73. The number of hydrogen-bond acceptors (Lipinski definition) is 5. The maximum absolute atomic E-state index is 12.2. The molecule has 0 atom stereocenters. The minimum absolute atomic E-state index is 0.241. The number of methoxy groups -OCH3 is 1. The second kappa shape index (κ2) is 9.43. The highest BCUT2D eigenvalue weighted by atomic mass is 35.5. The Kier molecular flexibility index (Phi) is 6.73. The third-order valence-electron chi connectivity index (χ3n) is 3.95. The molecule has 1 heterocycles. The lowest BCUT2D eigenvalue weighted by molar-refractivity contribution is -0.116. The van der Waals surface area contributed by atoms with Crippen LogP contribution in [0, 0.1) is 0 Å². The summed E-state index contributed by atoms with van der Waals surface area (Å²) in [6.07, 6.45) is 5.06. The standard InChI is InChI=1S/C20H19ClN4O2S/c1-27-16-10-8-15(9-11-16)25-18(23-24-20(25)28-2)13-22-19(26)12-7-14-5-3-4-6-17(14)21/h3-12H,13H2,1-2H3,(H,22,26)/b12-7+. The maximum atomic E-state index is 12.2. The molecule has 1 aromatic heterocycles. The van der Waals surface area contributed by atoms with Crippen molar-refractivity contribution >= 4 is 35.3 Å². The van der Waals surface area contributed by atoms with Gasteiger partial charge < -0.3 is 10.1 Å². The first-order valence-corrected chi connectivity index (χ1v) is 10.1. The van der Waals surface area contributed by atoms with Crippen LogP contribution >= 0.6 is 23.4 Å². The van der Waals surface area contributed by atoms with Crippen molar-refractivity contribution in [1.82, 2.24) is 20.1 Å². The van der Waals surface area contributed by atoms with E-state index in [4.69, 9.17) is 16.3 Å². The number of carbonyl (C=O) groups is 1. The zero-order valence-corrected chi connectivity index (χ0v) is 17.0. The van der Waals surface area contributed by atoms with Crippen LogP contribution in [0.3, 0.4) is 0 Å². The first-order valence-electron chi connectivity index (χ1n) is 8.45. The van der Waals surface area contributed by atoms with Crippen molar-refractivity contribution in [3.05, 3.63) is 71.0 Å². The highest BCUT2D eigenvalue weighted by molar-refractivity contribution is 7.98. The van der Waals surface area contributed by atoms with Gasteiger partial charge in [-0.2, -0.15) is 0 Å². The van der Waals surface area contributed by atoms with Crippen molar-refractivity contribution in [2.24, 2.45) is 0 Å². The quantitative estimate of drug-likeness (QED) is 0.467. The molecular formula is C20H19ClN4O2S. The Morgan fingerprint density at radius 3 is 2.64 bits per heavy atom. The van der Waals surface area contributed by atoms with Gasteiger partial charge in [-0.15, -0.1) is 10.2 Å². The number of halogens is 1. The molecule has 0 spiro atoms. The highest BCUT2D eigenvalue weighted by Gasteiger charge is 2.14. The van der Waals surface area contributed by atoms with Gasteiger partial charge in [-0.25, -0.2) is 0 Å². The van der Waals surface area contributed by atoms with E-state index in [0.29, 0.717) is 10.8 Å². The lowest BCUT2D eigenvalue weighted by Crippen LogP contribution is -2.22. The van der Waals surface area contributed by atoms with E-state index in [1.165, 1.54) is 17.8 Å². The molecule has 0 aliphatic heterocycles. The normalized spacial score (nSPS) is 11.0. The molecule has 0 saturated heterocycles. The lowest BCUT2D eigenvalue weighted by Gasteiger charge is -2.10. The van der Waals surface area contributed by atoms with Crippen molar-refractivity contribution in [3.8, 4) is 11.4 Å². The molecule has 0 aliphatic rings. The van der Waals surface area contributed by atoms with Crippen molar-refractivity contribution < 1.29 is 9.53 Å². The minimum atomic E-state index is -0.241. The van der Waals surface area contributed by atoms with Gasteiger partial charge in [-0.3, -0.25) is 9.36 Å². The second-order valence-electron chi connectivity index (χ2n) is 5.71. The minimum Gasteiger partial charge on any atom is -0.497 e. The van der Waals surface area contributed by atoms with E-state index in [1.807, 2.05) is 53.3 Å². The summed E-state index contributed by atoms with van der Waals surface area (Å²) in [5.74, 6) is 1.16. The predicted molar refractivity (Wildman–Crippen MR) is 112 cm³/mol. The SMILES string of the molecule is COc1ccc(-n2c(CNC(=O)/C=C/c3ccccc3Cl)nnc2SC)cc1. The zero-order valence-electron chi connectivity index (χ0n) is 15.4. The van der Waals surface area contributed by atoms with Gasteiger partial charge in [0.1, 0.15) is 5.75 Å². The molecule has 0 radical (unpaired) electrons. The van der Waals surface area contributed by atoms with E-state index in [1.54, 1.807) is 19.3 Å². The fourth-order valence-electron chi connectivity index (χ4n) is 2.54. The zero-order chi connectivity index (χ0) is 19.9. The molecule has 3 aromatic rings. The summed E-state index contributed by atoms with van der Waals surface area (Å²) in [4.78, 5) is 12.2. The van der Waals surface area contributed by atoms with E-state index in [0.717, 1.165) is 22.2 Å². The Morgan fingerprint density at radius 1 is 1.21 bits per heavy atom. The van der Waals surface area contributed by atoms with Crippen LogP contribution < -0.4 is 10.1 Å². The summed E-state index contributed by atoms with van der Waals surface area (Å²) < 4.78 is 7.11. The molecule has 3 rings (SSSR count). The van der Waals surface area contributed by atoms with Crippen LogP contribution in [0.2, 0.25) is 5.02 Å². The van der Waals surface area contributed by atoms with E-state index in [9.17, 15) is 4.79 Å². The van der Waals surface area contributed by atoms with Crippen molar-refractivity contribution in [3.63, 3.8) is 0 Å². The number of hydrogen-bond donors (Lipinski definition) is 1. The molecule has 144 valence electrons. The number of rotatable bonds is 7. The van der Waals surface area contributed by atoms with Gasteiger partial charge in [0.15, 0.2) is 11.0 Å². The van der Waals surface area contributed by atoms with Gasteiger partial charge in [0.05, 0.1) is 13.7 Å². The third-order valence-corrected chi connectivity index (χ3v) is 4.93. The van der Waals surface area contributed by atoms with Crippen LogP contribution in [0.1, 0.15) is 11.4 Å². The van der Waals surface area contributed by atoms with Crippen molar-refractivity contribution in [1.29, 1.82) is 0 Å². The molecular weight excluding hydrogens is 396 g/mol. The highest BCUT2D eigenvalue weighted by Crippen LogP contribution is 2.22. The summed E-state index contributed by atoms with van der Waals surface area (Å²) in [7, 11) is 1.62. The molecule has 1 amide bonds. The number of carbonyl (C=O) groups excluding carboxylic acids is 1. The maximum Gasteiger partial charge on any atom is 0.244 e. The van der Waals surface area contributed by atoms with E-state index < -0.39 is 0 Å². The molecule has 8 heteroatoms. The molecule has 28 heavy (non-hydrogen) atoms. The first-order chi connectivity index (χ1) is 13.6. The Bertz CT molecular complexity index is 986. The largest absolute Gasteiger partial charge is 0.497 e. The van der Waals surface area contributed by atoms with Gasteiger partial charge in [0.25, 0.3) is 0 Å². The summed E-state index contributed by atoms with van der Waals surface area (Å²) in [5.41, 5.74) is 1.68. The Labute approximate surface area is 172 Å². The van der Waals surface area contributed by atoms with Crippen LogP contribution in [0.25, 0.3) is 11.8 Å². The van der Waals surface area contributed by atoms with Crippen LogP contribution in [-0.4, -0.2) is 34.0 Å². The summed E-state index contributed by atoms with van der Waals surface area (Å²) >= 11 is 7.57. The number of nitrogens with zero attached hydrogens (tertiary/aromatic N) is 3. The molecule has 2 aromatic carbocycles. The lowest BCUT2D eigenvalue weighted by atomic mass is 10.2. The summed E-state index contributed by atoms with van der Waals surface area (Å²) in [5, 5.41) is 12.6. The van der Waals surface area contributed by atoms with E-state index in [-0.39, 0.29) is 12.5 Å². The number of ether oxygens (including phenoxy) is 1. The molecule has 0 fully saturated rings. The molecule has 0 aliphatic carbocycles. The smallest absolute Gasteiger partial charge is 0.244 e. The van der Waals surface area contributed by atoms with Gasteiger partial charge in [-0.05, 0) is 48.2 Å². The van der Waals surface area contributed by atoms with Gasteiger partial charge >= 0.3 is 0 Å².